The van der Waals surface area contributed by atoms with E-state index in [2.05, 4.69) is 0 Å². The molecule has 0 aliphatic carbocycles. The summed E-state index contributed by atoms with van der Waals surface area (Å²) in [5.74, 6) is -0.622. The molecule has 0 heterocycles. The van der Waals surface area contributed by atoms with Gasteiger partial charge in [0.05, 0.1) is 4.90 Å². The minimum atomic E-state index is -4.01. The number of hydrogen-bond acceptors (Lipinski definition) is 5. The van der Waals surface area contributed by atoms with E-state index in [1.807, 2.05) is 5.32 Å². The van der Waals surface area contributed by atoms with Gasteiger partial charge in [0.1, 0.15) is 0 Å². The molecule has 20 heavy (non-hydrogen) atoms. The Balaban J connectivity index is 3.15. The van der Waals surface area contributed by atoms with Crippen molar-refractivity contribution in [2.45, 2.75) is 25.2 Å². The van der Waals surface area contributed by atoms with E-state index in [1.54, 1.807) is 6.92 Å². The molecule has 0 aliphatic rings. The summed E-state index contributed by atoms with van der Waals surface area (Å²) in [4.78, 5) is 22.7. The molecule has 0 unspecified atom stereocenters. The van der Waals surface area contributed by atoms with Crippen LogP contribution in [0.4, 0.5) is 10.5 Å². The van der Waals surface area contributed by atoms with Crippen molar-refractivity contribution in [2.24, 2.45) is 0 Å². The van der Waals surface area contributed by atoms with Crippen molar-refractivity contribution in [3.63, 3.8) is 0 Å². The number of sulfonamides is 1. The van der Waals surface area contributed by atoms with Gasteiger partial charge in [0.2, 0.25) is 5.91 Å². The highest BCUT2D eigenvalue weighted by molar-refractivity contribution is 7.89. The summed E-state index contributed by atoms with van der Waals surface area (Å²) in [7, 11) is -4.01. The topological polar surface area (TPSA) is 110 Å². The van der Waals surface area contributed by atoms with Gasteiger partial charge in [0.25, 0.3) is 10.0 Å². The monoisotopic (exact) mass is 299 g/mol. The molecule has 0 fully saturated rings. The molecule has 0 aliphatic heterocycles. The first-order valence-electron chi connectivity index (χ1n) is 5.99. The molecule has 0 spiro atoms. The maximum absolute atomic E-state index is 12.4. The first-order valence-corrected chi connectivity index (χ1v) is 7.43. The largest absolute Gasteiger partial charge is 0.399 e. The SMILES string of the molecule is CCCN(C(=O)NC(C)=O)S(=O)(=O)c1ccc(N)cc1. The number of imide groups is 1. The number of hydrogen-bond donors (Lipinski definition) is 2. The number of carbonyl (C=O) groups is 2. The van der Waals surface area contributed by atoms with Crippen molar-refractivity contribution in [3.8, 4) is 0 Å². The van der Waals surface area contributed by atoms with E-state index in [9.17, 15) is 18.0 Å². The van der Waals surface area contributed by atoms with E-state index in [0.29, 0.717) is 16.4 Å². The van der Waals surface area contributed by atoms with E-state index in [-0.39, 0.29) is 11.4 Å². The van der Waals surface area contributed by atoms with Gasteiger partial charge >= 0.3 is 6.03 Å². The zero-order chi connectivity index (χ0) is 15.3. The molecule has 8 heteroatoms. The predicted octanol–water partition coefficient (Wildman–Crippen LogP) is 0.926. The van der Waals surface area contributed by atoms with Crippen LogP contribution in [0.5, 0.6) is 0 Å². The van der Waals surface area contributed by atoms with Crippen LogP contribution in [0.2, 0.25) is 0 Å². The molecule has 0 saturated heterocycles. The molecule has 3 N–H and O–H groups in total. The molecule has 110 valence electrons. The number of nitrogens with zero attached hydrogens (tertiary/aromatic N) is 1. The molecule has 1 rings (SSSR count). The number of benzene rings is 1. The van der Waals surface area contributed by atoms with Crippen LogP contribution in [-0.2, 0) is 14.8 Å². The summed E-state index contributed by atoms with van der Waals surface area (Å²) < 4.78 is 25.4. The Labute approximate surface area is 117 Å². The molecule has 1 aromatic rings. The summed E-state index contributed by atoms with van der Waals surface area (Å²) in [5.41, 5.74) is 5.91. The number of rotatable bonds is 4. The van der Waals surface area contributed by atoms with Crippen LogP contribution in [0.3, 0.4) is 0 Å². The minimum absolute atomic E-state index is 0.0220. The highest BCUT2D eigenvalue weighted by Gasteiger charge is 2.29. The third-order valence-electron chi connectivity index (χ3n) is 2.40. The van der Waals surface area contributed by atoms with Gasteiger partial charge in [0, 0.05) is 19.2 Å². The lowest BCUT2D eigenvalue weighted by molar-refractivity contribution is -0.118. The third-order valence-corrected chi connectivity index (χ3v) is 4.20. The summed E-state index contributed by atoms with van der Waals surface area (Å²) in [6.07, 6.45) is 0.430. The fourth-order valence-electron chi connectivity index (χ4n) is 1.51. The first-order chi connectivity index (χ1) is 9.28. The van der Waals surface area contributed by atoms with Gasteiger partial charge in [-0.1, -0.05) is 6.92 Å². The van der Waals surface area contributed by atoms with Crippen LogP contribution in [-0.4, -0.2) is 31.2 Å². The molecule has 0 bridgehead atoms. The number of nitrogens with two attached hydrogens (primary N) is 1. The van der Waals surface area contributed by atoms with Crippen molar-refractivity contribution in [1.29, 1.82) is 0 Å². The zero-order valence-corrected chi connectivity index (χ0v) is 12.1. The van der Waals surface area contributed by atoms with E-state index in [4.69, 9.17) is 5.73 Å². The van der Waals surface area contributed by atoms with Crippen molar-refractivity contribution in [3.05, 3.63) is 24.3 Å². The number of amides is 3. The van der Waals surface area contributed by atoms with Crippen LogP contribution in [0.15, 0.2) is 29.2 Å². The lowest BCUT2D eigenvalue weighted by Crippen LogP contribution is -2.45. The fraction of sp³-hybridized carbons (Fsp3) is 0.333. The van der Waals surface area contributed by atoms with Gasteiger partial charge in [0.15, 0.2) is 0 Å². The molecule has 0 aromatic heterocycles. The van der Waals surface area contributed by atoms with Crippen molar-refractivity contribution < 1.29 is 18.0 Å². The van der Waals surface area contributed by atoms with Gasteiger partial charge in [-0.3, -0.25) is 10.1 Å². The Kier molecular flexibility index (Phi) is 5.09. The second-order valence-corrected chi connectivity index (χ2v) is 5.99. The van der Waals surface area contributed by atoms with E-state index >= 15 is 0 Å². The van der Waals surface area contributed by atoms with Crippen LogP contribution in [0.25, 0.3) is 0 Å². The predicted molar refractivity (Wildman–Crippen MR) is 74.2 cm³/mol. The standard InChI is InChI=1S/C12H17N3O4S/c1-3-8-15(12(17)14-9(2)16)20(18,19)11-6-4-10(13)5-7-11/h4-7H,3,8,13H2,1-2H3,(H,14,16,17). The molecule has 3 amide bonds. The number of nitrogen functional groups attached to an aromatic ring is 1. The molecule has 0 saturated carbocycles. The summed E-state index contributed by atoms with van der Waals surface area (Å²) in [5, 5.41) is 1.96. The number of urea groups is 1. The van der Waals surface area contributed by atoms with Crippen LogP contribution < -0.4 is 11.1 Å². The van der Waals surface area contributed by atoms with E-state index in [0.717, 1.165) is 6.92 Å². The Morgan fingerprint density at radius 2 is 1.80 bits per heavy atom. The first kappa shape index (κ1) is 16.0. The van der Waals surface area contributed by atoms with E-state index < -0.39 is 22.0 Å². The highest BCUT2D eigenvalue weighted by Crippen LogP contribution is 2.17. The summed E-state index contributed by atoms with van der Waals surface area (Å²) in [6.45, 7) is 2.84. The fourth-order valence-corrected chi connectivity index (χ4v) is 2.94. The van der Waals surface area contributed by atoms with Crippen LogP contribution >= 0.6 is 0 Å². The Hall–Kier alpha value is -2.09. The maximum Gasteiger partial charge on any atom is 0.337 e. The van der Waals surface area contributed by atoms with Crippen molar-refractivity contribution in [2.75, 3.05) is 12.3 Å². The van der Waals surface area contributed by atoms with Gasteiger partial charge in [-0.05, 0) is 30.7 Å². The van der Waals surface area contributed by atoms with Crippen molar-refractivity contribution >= 4 is 27.6 Å². The third kappa shape index (κ3) is 3.70. The zero-order valence-electron chi connectivity index (χ0n) is 11.3. The maximum atomic E-state index is 12.4. The van der Waals surface area contributed by atoms with Gasteiger partial charge in [-0.15, -0.1) is 0 Å². The van der Waals surface area contributed by atoms with Gasteiger partial charge < -0.3 is 5.73 Å². The minimum Gasteiger partial charge on any atom is -0.399 e. The molecule has 0 atom stereocenters. The lowest BCUT2D eigenvalue weighted by Gasteiger charge is -2.21. The average Bonchev–Trinajstić information content (AvgIpc) is 2.35. The molecule has 7 nitrogen and oxygen atoms in total. The average molecular weight is 299 g/mol. The summed E-state index contributed by atoms with van der Waals surface area (Å²) >= 11 is 0. The smallest absolute Gasteiger partial charge is 0.337 e. The molecular formula is C12H17N3O4S. The van der Waals surface area contributed by atoms with E-state index in [1.165, 1.54) is 24.3 Å². The van der Waals surface area contributed by atoms with Crippen molar-refractivity contribution in [1.82, 2.24) is 9.62 Å². The second kappa shape index (κ2) is 6.38. The number of anilines is 1. The molecule has 0 radical (unpaired) electrons. The Bertz CT molecular complexity index is 596. The lowest BCUT2D eigenvalue weighted by atomic mass is 10.3. The van der Waals surface area contributed by atoms with Crippen LogP contribution in [0.1, 0.15) is 20.3 Å². The Morgan fingerprint density at radius 1 is 1.25 bits per heavy atom. The molecular weight excluding hydrogens is 282 g/mol. The number of carbonyl (C=O) groups excluding carboxylic acids is 2. The normalized spacial score (nSPS) is 10.9. The highest BCUT2D eigenvalue weighted by atomic mass is 32.2. The summed E-state index contributed by atoms with van der Waals surface area (Å²) in [6, 6.07) is 4.53. The van der Waals surface area contributed by atoms with Crippen LogP contribution in [0, 0.1) is 0 Å². The second-order valence-electron chi connectivity index (χ2n) is 4.13. The number of nitrogens with one attached hydrogen (secondary N) is 1. The van der Waals surface area contributed by atoms with Gasteiger partial charge in [-0.25, -0.2) is 17.5 Å². The Morgan fingerprint density at radius 3 is 2.25 bits per heavy atom. The quantitative estimate of drug-likeness (QED) is 0.804. The molecule has 1 aromatic carbocycles. The van der Waals surface area contributed by atoms with Gasteiger partial charge in [-0.2, -0.15) is 0 Å².